The zero-order chi connectivity index (χ0) is 19.7. The topological polar surface area (TPSA) is 74.6 Å². The van der Waals surface area contributed by atoms with Gasteiger partial charge >= 0.3 is 0 Å². The van der Waals surface area contributed by atoms with Gasteiger partial charge in [-0.1, -0.05) is 25.5 Å². The number of alkyl halides is 1. The number of aliphatic hydroxyl groups excluding tert-OH is 2. The van der Waals surface area contributed by atoms with Gasteiger partial charge in [0.15, 0.2) is 11.6 Å². The van der Waals surface area contributed by atoms with Crippen molar-refractivity contribution in [3.05, 3.63) is 34.9 Å². The molecule has 4 nitrogen and oxygen atoms in total. The molecule has 146 valence electrons. The summed E-state index contributed by atoms with van der Waals surface area (Å²) in [7, 11) is 0. The van der Waals surface area contributed by atoms with Gasteiger partial charge in [0.05, 0.1) is 6.10 Å². The van der Waals surface area contributed by atoms with Crippen LogP contribution in [0.5, 0.6) is 0 Å². The van der Waals surface area contributed by atoms with Gasteiger partial charge in [-0.25, -0.2) is 4.39 Å². The van der Waals surface area contributed by atoms with Crippen LogP contribution in [0.1, 0.15) is 40.0 Å². The Morgan fingerprint density at radius 3 is 2.74 bits per heavy atom. The fourth-order valence-corrected chi connectivity index (χ4v) is 6.75. The Bertz CT molecular complexity index is 809. The Labute approximate surface area is 158 Å². The van der Waals surface area contributed by atoms with Crippen LogP contribution in [0.15, 0.2) is 34.9 Å². The summed E-state index contributed by atoms with van der Waals surface area (Å²) in [4.78, 5) is 24.3. The van der Waals surface area contributed by atoms with Gasteiger partial charge in [-0.15, -0.1) is 0 Å². The van der Waals surface area contributed by atoms with Crippen LogP contribution < -0.4 is 0 Å². The monoisotopic (exact) mass is 374 g/mol. The molecule has 7 atom stereocenters. The van der Waals surface area contributed by atoms with Gasteiger partial charge in [-0.3, -0.25) is 9.59 Å². The van der Waals surface area contributed by atoms with Crippen molar-refractivity contribution < 1.29 is 24.2 Å². The number of rotatable bonds is 2. The number of aliphatic hydroxyl groups is 2. The Morgan fingerprint density at radius 1 is 1.37 bits per heavy atom. The molecule has 0 bridgehead atoms. The normalized spacial score (nSPS) is 45.9. The summed E-state index contributed by atoms with van der Waals surface area (Å²) in [6.07, 6.45) is 3.85. The molecule has 4 rings (SSSR count). The Kier molecular flexibility index (Phi) is 4.13. The highest BCUT2D eigenvalue weighted by Gasteiger charge is 2.60. The number of ketones is 2. The maximum absolute atomic E-state index is 15.2. The van der Waals surface area contributed by atoms with Crippen molar-refractivity contribution in [1.82, 2.24) is 0 Å². The van der Waals surface area contributed by atoms with Crippen molar-refractivity contribution in [2.45, 2.75) is 52.3 Å². The van der Waals surface area contributed by atoms with E-state index in [0.29, 0.717) is 12.0 Å². The molecule has 1 saturated carbocycles. The van der Waals surface area contributed by atoms with Crippen LogP contribution in [0.25, 0.3) is 0 Å². The highest BCUT2D eigenvalue weighted by atomic mass is 19.1. The molecular weight excluding hydrogens is 347 g/mol. The number of Topliss-reactive ketones (excluding diaryl/α,β-unsaturated/α-hetero) is 1. The summed E-state index contributed by atoms with van der Waals surface area (Å²) in [6, 6.07) is 0. The third-order valence-electron chi connectivity index (χ3n) is 7.69. The lowest BCUT2D eigenvalue weighted by Gasteiger charge is -2.52. The zero-order valence-corrected chi connectivity index (χ0v) is 16.0. The molecule has 0 spiro atoms. The van der Waals surface area contributed by atoms with Crippen LogP contribution in [-0.2, 0) is 9.59 Å². The summed E-state index contributed by atoms with van der Waals surface area (Å²) >= 11 is 0. The largest absolute Gasteiger partial charge is 0.389 e. The predicted octanol–water partition coefficient (Wildman–Crippen LogP) is 2.70. The van der Waals surface area contributed by atoms with Crippen LogP contribution >= 0.6 is 0 Å². The van der Waals surface area contributed by atoms with E-state index in [4.69, 9.17) is 0 Å². The number of halogens is 1. The van der Waals surface area contributed by atoms with E-state index in [0.717, 1.165) is 17.6 Å². The van der Waals surface area contributed by atoms with Crippen LogP contribution in [0.3, 0.4) is 0 Å². The molecule has 3 unspecified atom stereocenters. The lowest BCUT2D eigenvalue weighted by atomic mass is 9.53. The van der Waals surface area contributed by atoms with Crippen molar-refractivity contribution in [2.75, 3.05) is 6.61 Å². The standard InChI is InChI=1S/C22H27FO4/c1-11-6-14-13-8-16(23)15-7-12(25)4-5-21(15,2)20(13)17(26)9-22(14,3)19(11)18(27)10-24/h4-5,7,11,14,16-17,19,24,26H,6,8-10H2,1-3H3/t11?,14-,16?,17?,19+,21-,22-/m0/s1. The fourth-order valence-electron chi connectivity index (χ4n) is 6.75. The van der Waals surface area contributed by atoms with Crippen molar-refractivity contribution in [1.29, 1.82) is 0 Å². The predicted molar refractivity (Wildman–Crippen MR) is 98.5 cm³/mol. The number of hydrogen-bond acceptors (Lipinski definition) is 4. The molecular formula is C22H27FO4. The molecule has 0 amide bonds. The van der Waals surface area contributed by atoms with E-state index >= 15 is 4.39 Å². The van der Waals surface area contributed by atoms with E-state index in [9.17, 15) is 19.8 Å². The fraction of sp³-hybridized carbons (Fsp3) is 0.636. The van der Waals surface area contributed by atoms with Gasteiger partial charge in [0.1, 0.15) is 12.8 Å². The SMILES string of the molecule is CC1C[C@H]2C3=C(C(O)C[C@]2(C)[C@H]1C(=O)CO)[C@@]1(C)C=CC(=O)C=C1C(F)C3. The molecule has 4 aliphatic carbocycles. The van der Waals surface area contributed by atoms with Crippen molar-refractivity contribution >= 4 is 11.6 Å². The van der Waals surface area contributed by atoms with Gasteiger partial charge < -0.3 is 10.2 Å². The maximum atomic E-state index is 15.2. The van der Waals surface area contributed by atoms with Gasteiger partial charge in [0.25, 0.3) is 0 Å². The van der Waals surface area contributed by atoms with E-state index < -0.39 is 29.7 Å². The second-order valence-electron chi connectivity index (χ2n) is 9.24. The molecule has 1 fully saturated rings. The van der Waals surface area contributed by atoms with Crippen molar-refractivity contribution in [3.8, 4) is 0 Å². The molecule has 0 heterocycles. The van der Waals surface area contributed by atoms with Crippen LogP contribution in [0.2, 0.25) is 0 Å². The third kappa shape index (κ3) is 2.40. The first-order valence-electron chi connectivity index (χ1n) is 9.78. The van der Waals surface area contributed by atoms with Gasteiger partial charge in [0.2, 0.25) is 0 Å². The molecule has 0 aromatic carbocycles. The van der Waals surface area contributed by atoms with E-state index in [1.165, 1.54) is 12.2 Å². The molecule has 0 saturated heterocycles. The second-order valence-corrected chi connectivity index (χ2v) is 9.24. The minimum atomic E-state index is -1.26. The Balaban J connectivity index is 1.87. The molecule has 4 aliphatic rings. The molecule has 27 heavy (non-hydrogen) atoms. The number of carbonyl (C=O) groups excluding carboxylic acids is 2. The number of carbonyl (C=O) groups is 2. The summed E-state index contributed by atoms with van der Waals surface area (Å²) in [5, 5.41) is 20.6. The molecule has 0 aliphatic heterocycles. The Morgan fingerprint density at radius 2 is 2.07 bits per heavy atom. The van der Waals surface area contributed by atoms with Crippen molar-refractivity contribution in [3.63, 3.8) is 0 Å². The molecule has 0 aromatic heterocycles. The average Bonchev–Trinajstić information content (AvgIpc) is 2.85. The van der Waals surface area contributed by atoms with Crippen LogP contribution in [0, 0.1) is 28.6 Å². The van der Waals surface area contributed by atoms with Gasteiger partial charge in [-0.05, 0) is 60.3 Å². The second kappa shape index (κ2) is 5.95. The number of allylic oxidation sites excluding steroid dienone is 5. The minimum Gasteiger partial charge on any atom is -0.389 e. The first-order valence-corrected chi connectivity index (χ1v) is 9.78. The average molecular weight is 374 g/mol. The minimum absolute atomic E-state index is 0.00838. The summed E-state index contributed by atoms with van der Waals surface area (Å²) in [5.74, 6) is -0.653. The highest BCUT2D eigenvalue weighted by molar-refractivity contribution is 6.01. The van der Waals surface area contributed by atoms with E-state index in [2.05, 4.69) is 0 Å². The van der Waals surface area contributed by atoms with Crippen molar-refractivity contribution in [2.24, 2.45) is 28.6 Å². The number of hydrogen-bond donors (Lipinski definition) is 2. The third-order valence-corrected chi connectivity index (χ3v) is 7.69. The smallest absolute Gasteiger partial charge is 0.178 e. The Hall–Kier alpha value is -1.59. The molecule has 5 heteroatoms. The first-order chi connectivity index (χ1) is 12.6. The lowest BCUT2D eigenvalue weighted by molar-refractivity contribution is -0.131. The number of fused-ring (bicyclic) bond motifs is 4. The van der Waals surface area contributed by atoms with Crippen LogP contribution in [-0.4, -0.2) is 40.7 Å². The van der Waals surface area contributed by atoms with E-state index in [1.807, 2.05) is 20.8 Å². The van der Waals surface area contributed by atoms with E-state index in [1.54, 1.807) is 6.08 Å². The van der Waals surface area contributed by atoms with Crippen LogP contribution in [0.4, 0.5) is 4.39 Å². The maximum Gasteiger partial charge on any atom is 0.178 e. The first kappa shape index (κ1) is 18.8. The molecule has 0 radical (unpaired) electrons. The molecule has 0 aromatic rings. The zero-order valence-electron chi connectivity index (χ0n) is 16.0. The lowest BCUT2D eigenvalue weighted by Crippen LogP contribution is -2.49. The van der Waals surface area contributed by atoms with Gasteiger partial charge in [0, 0.05) is 17.8 Å². The summed E-state index contributed by atoms with van der Waals surface area (Å²) in [6.45, 7) is 5.40. The van der Waals surface area contributed by atoms with Gasteiger partial charge in [-0.2, -0.15) is 0 Å². The quantitative estimate of drug-likeness (QED) is 0.729. The summed E-state index contributed by atoms with van der Waals surface area (Å²) < 4.78 is 15.2. The summed E-state index contributed by atoms with van der Waals surface area (Å²) in [5.41, 5.74) is 0.901. The molecule has 2 N–H and O–H groups in total. The van der Waals surface area contributed by atoms with E-state index in [-0.39, 0.29) is 35.7 Å². The highest BCUT2D eigenvalue weighted by Crippen LogP contribution is 2.64.